The molecule has 0 aromatic heterocycles. The fraction of sp³-hybridized carbons (Fsp3) is 0.294. The van der Waals surface area contributed by atoms with Crippen LogP contribution in [0.3, 0.4) is 0 Å². The van der Waals surface area contributed by atoms with E-state index in [1.807, 2.05) is 31.2 Å². The number of rotatable bonds is 4. The number of anilines is 1. The van der Waals surface area contributed by atoms with Crippen molar-refractivity contribution >= 4 is 5.69 Å². The molecule has 100 valence electrons. The summed E-state index contributed by atoms with van der Waals surface area (Å²) in [6, 6.07) is 14.3. The number of hydrogen-bond acceptors (Lipinski definition) is 2. The van der Waals surface area contributed by atoms with Crippen LogP contribution in [-0.4, -0.2) is 11.7 Å². The van der Waals surface area contributed by atoms with Crippen LogP contribution in [0.1, 0.15) is 28.4 Å². The predicted octanol–water partition coefficient (Wildman–Crippen LogP) is 3.76. The van der Waals surface area contributed by atoms with Gasteiger partial charge in [-0.2, -0.15) is 0 Å². The fourth-order valence-electron chi connectivity index (χ4n) is 2.13. The second-order valence-electron chi connectivity index (χ2n) is 5.13. The minimum Gasteiger partial charge on any atom is -0.387 e. The molecule has 0 aliphatic heterocycles. The van der Waals surface area contributed by atoms with Crippen molar-refractivity contribution in [2.45, 2.75) is 26.9 Å². The molecule has 2 N–H and O–H groups in total. The van der Waals surface area contributed by atoms with Gasteiger partial charge in [-0.05, 0) is 43.5 Å². The van der Waals surface area contributed by atoms with Crippen LogP contribution in [0.2, 0.25) is 0 Å². The van der Waals surface area contributed by atoms with Gasteiger partial charge in [0.15, 0.2) is 0 Å². The smallest absolute Gasteiger partial charge is 0.0962 e. The zero-order valence-electron chi connectivity index (χ0n) is 11.8. The average Bonchev–Trinajstić information content (AvgIpc) is 2.39. The van der Waals surface area contributed by atoms with E-state index in [0.29, 0.717) is 6.54 Å². The van der Waals surface area contributed by atoms with Gasteiger partial charge in [-0.3, -0.25) is 0 Å². The van der Waals surface area contributed by atoms with E-state index in [-0.39, 0.29) is 0 Å². The molecule has 0 amide bonds. The molecule has 2 heteroatoms. The Kier molecular flexibility index (Phi) is 4.23. The third-order valence-corrected chi connectivity index (χ3v) is 3.31. The van der Waals surface area contributed by atoms with Crippen LogP contribution in [0.15, 0.2) is 42.5 Å². The Hall–Kier alpha value is -1.80. The zero-order valence-corrected chi connectivity index (χ0v) is 11.8. The predicted molar refractivity (Wildman–Crippen MR) is 80.5 cm³/mol. The summed E-state index contributed by atoms with van der Waals surface area (Å²) in [5.74, 6) is 0. The van der Waals surface area contributed by atoms with E-state index in [4.69, 9.17) is 0 Å². The van der Waals surface area contributed by atoms with Gasteiger partial charge in [-0.1, -0.05) is 42.0 Å². The standard InChI is InChI=1S/C17H21NO/c1-12-5-4-6-15(9-12)17(19)11-18-16-10-13(2)7-8-14(16)3/h4-10,17-19H,11H2,1-3H3. The molecule has 0 fully saturated rings. The van der Waals surface area contributed by atoms with Gasteiger partial charge < -0.3 is 10.4 Å². The summed E-state index contributed by atoms with van der Waals surface area (Å²) in [6.07, 6.45) is -0.486. The van der Waals surface area contributed by atoms with Crippen molar-refractivity contribution in [1.82, 2.24) is 0 Å². The molecule has 0 heterocycles. The molecule has 2 rings (SSSR count). The first-order valence-electron chi connectivity index (χ1n) is 6.62. The van der Waals surface area contributed by atoms with Crippen molar-refractivity contribution in [3.05, 3.63) is 64.7 Å². The maximum absolute atomic E-state index is 10.2. The van der Waals surface area contributed by atoms with Crippen molar-refractivity contribution in [1.29, 1.82) is 0 Å². The van der Waals surface area contributed by atoms with Gasteiger partial charge in [0.2, 0.25) is 0 Å². The number of benzene rings is 2. The minimum atomic E-state index is -0.486. The molecule has 1 unspecified atom stereocenters. The van der Waals surface area contributed by atoms with Gasteiger partial charge in [0.25, 0.3) is 0 Å². The number of aliphatic hydroxyl groups excluding tert-OH is 1. The third kappa shape index (κ3) is 3.58. The first-order chi connectivity index (χ1) is 9.06. The van der Waals surface area contributed by atoms with E-state index in [9.17, 15) is 5.11 Å². The number of nitrogens with one attached hydrogen (secondary N) is 1. The molecule has 0 bridgehead atoms. The zero-order chi connectivity index (χ0) is 13.8. The van der Waals surface area contributed by atoms with E-state index >= 15 is 0 Å². The van der Waals surface area contributed by atoms with Crippen LogP contribution >= 0.6 is 0 Å². The average molecular weight is 255 g/mol. The van der Waals surface area contributed by atoms with Gasteiger partial charge >= 0.3 is 0 Å². The highest BCUT2D eigenvalue weighted by Crippen LogP contribution is 2.19. The molecular formula is C17H21NO. The molecule has 0 aliphatic carbocycles. The molecule has 2 aromatic rings. The van der Waals surface area contributed by atoms with Crippen molar-refractivity contribution in [2.75, 3.05) is 11.9 Å². The van der Waals surface area contributed by atoms with Crippen LogP contribution in [0.5, 0.6) is 0 Å². The first-order valence-corrected chi connectivity index (χ1v) is 6.62. The van der Waals surface area contributed by atoms with Crippen molar-refractivity contribution in [3.63, 3.8) is 0 Å². The van der Waals surface area contributed by atoms with Gasteiger partial charge in [0, 0.05) is 12.2 Å². The number of aryl methyl sites for hydroxylation is 3. The molecule has 2 nitrogen and oxygen atoms in total. The van der Waals surface area contributed by atoms with E-state index in [0.717, 1.165) is 11.3 Å². The van der Waals surface area contributed by atoms with Crippen LogP contribution in [-0.2, 0) is 0 Å². The third-order valence-electron chi connectivity index (χ3n) is 3.31. The molecule has 0 spiro atoms. The topological polar surface area (TPSA) is 32.3 Å². The van der Waals surface area contributed by atoms with E-state index in [1.165, 1.54) is 16.7 Å². The van der Waals surface area contributed by atoms with Gasteiger partial charge in [0.1, 0.15) is 0 Å². The van der Waals surface area contributed by atoms with Crippen LogP contribution < -0.4 is 5.32 Å². The summed E-state index contributed by atoms with van der Waals surface area (Å²) in [5, 5.41) is 13.5. The van der Waals surface area contributed by atoms with Gasteiger partial charge in [-0.15, -0.1) is 0 Å². The summed E-state index contributed by atoms with van der Waals surface area (Å²) in [5.41, 5.74) is 5.63. The molecular weight excluding hydrogens is 234 g/mol. The quantitative estimate of drug-likeness (QED) is 0.872. The molecule has 2 aromatic carbocycles. The molecule has 19 heavy (non-hydrogen) atoms. The van der Waals surface area contributed by atoms with Crippen LogP contribution in [0.4, 0.5) is 5.69 Å². The van der Waals surface area contributed by atoms with Crippen molar-refractivity contribution in [2.24, 2.45) is 0 Å². The summed E-state index contributed by atoms with van der Waals surface area (Å²) in [6.45, 7) is 6.70. The highest BCUT2D eigenvalue weighted by atomic mass is 16.3. The SMILES string of the molecule is Cc1cccc(C(O)CNc2cc(C)ccc2C)c1. The summed E-state index contributed by atoms with van der Waals surface area (Å²) >= 11 is 0. The molecule has 0 radical (unpaired) electrons. The Labute approximate surface area is 115 Å². The number of aliphatic hydroxyl groups is 1. The lowest BCUT2D eigenvalue weighted by molar-refractivity contribution is 0.191. The first kappa shape index (κ1) is 13.6. The Morgan fingerprint density at radius 2 is 1.74 bits per heavy atom. The van der Waals surface area contributed by atoms with E-state index in [2.05, 4.69) is 37.4 Å². The maximum atomic E-state index is 10.2. The Balaban J connectivity index is 2.04. The van der Waals surface area contributed by atoms with Crippen LogP contribution in [0, 0.1) is 20.8 Å². The van der Waals surface area contributed by atoms with Crippen molar-refractivity contribution < 1.29 is 5.11 Å². The lowest BCUT2D eigenvalue weighted by atomic mass is 10.1. The molecule has 0 saturated carbocycles. The van der Waals surface area contributed by atoms with Crippen LogP contribution in [0.25, 0.3) is 0 Å². The normalized spacial score (nSPS) is 12.2. The lowest BCUT2D eigenvalue weighted by Crippen LogP contribution is -2.13. The Morgan fingerprint density at radius 3 is 2.47 bits per heavy atom. The molecule has 0 saturated heterocycles. The largest absolute Gasteiger partial charge is 0.387 e. The van der Waals surface area contributed by atoms with Gasteiger partial charge in [-0.25, -0.2) is 0 Å². The van der Waals surface area contributed by atoms with E-state index in [1.54, 1.807) is 0 Å². The monoisotopic (exact) mass is 255 g/mol. The summed E-state index contributed by atoms with van der Waals surface area (Å²) < 4.78 is 0. The van der Waals surface area contributed by atoms with Gasteiger partial charge in [0.05, 0.1) is 6.10 Å². The highest BCUT2D eigenvalue weighted by Gasteiger charge is 2.08. The second kappa shape index (κ2) is 5.89. The lowest BCUT2D eigenvalue weighted by Gasteiger charge is -2.15. The second-order valence-corrected chi connectivity index (χ2v) is 5.13. The Bertz CT molecular complexity index is 563. The minimum absolute atomic E-state index is 0.486. The highest BCUT2D eigenvalue weighted by molar-refractivity contribution is 5.52. The maximum Gasteiger partial charge on any atom is 0.0962 e. The fourth-order valence-corrected chi connectivity index (χ4v) is 2.13. The molecule has 1 atom stereocenters. The van der Waals surface area contributed by atoms with Crippen molar-refractivity contribution in [3.8, 4) is 0 Å². The van der Waals surface area contributed by atoms with E-state index < -0.39 is 6.10 Å². The summed E-state index contributed by atoms with van der Waals surface area (Å²) in [4.78, 5) is 0. The number of hydrogen-bond donors (Lipinski definition) is 2. The Morgan fingerprint density at radius 1 is 1.00 bits per heavy atom. The molecule has 0 aliphatic rings. The summed E-state index contributed by atoms with van der Waals surface area (Å²) in [7, 11) is 0.